The minimum Gasteiger partial charge on any atom is -0.497 e. The Labute approximate surface area is 159 Å². The van der Waals surface area contributed by atoms with Crippen LogP contribution in [-0.4, -0.2) is 19.2 Å². The van der Waals surface area contributed by atoms with E-state index in [1.807, 2.05) is 41.8 Å². The van der Waals surface area contributed by atoms with Crippen molar-refractivity contribution in [3.63, 3.8) is 0 Å². The van der Waals surface area contributed by atoms with Gasteiger partial charge < -0.3 is 19.2 Å². The molecule has 27 heavy (non-hydrogen) atoms. The first-order valence-electron chi connectivity index (χ1n) is 8.16. The smallest absolute Gasteiger partial charge is 0.345 e. The molecular weight excluding hydrogens is 364 g/mol. The minimum absolute atomic E-state index is 0.414. The van der Waals surface area contributed by atoms with Crippen LogP contribution >= 0.6 is 11.3 Å². The largest absolute Gasteiger partial charge is 0.497 e. The Balaban J connectivity index is 1.68. The Hall–Kier alpha value is -3.32. The van der Waals surface area contributed by atoms with Crippen LogP contribution in [0.15, 0.2) is 63.1 Å². The third-order valence-electron chi connectivity index (χ3n) is 4.07. The summed E-state index contributed by atoms with van der Waals surface area (Å²) in [6.07, 6.45) is 0. The Bertz CT molecular complexity index is 1170. The zero-order chi connectivity index (χ0) is 18.8. The fraction of sp³-hybridized carbons (Fsp3) is 0.100. The number of hydrogen-bond acceptors (Lipinski definition) is 7. The van der Waals surface area contributed by atoms with Crippen LogP contribution in [0.1, 0.15) is 0 Å². The van der Waals surface area contributed by atoms with Crippen LogP contribution in [-0.2, 0) is 0 Å². The van der Waals surface area contributed by atoms with Gasteiger partial charge in [-0.2, -0.15) is 0 Å². The summed E-state index contributed by atoms with van der Waals surface area (Å²) in [5.74, 6) is 1.35. The standard InChI is InChI=1S/C20H16N2O4S/c1-24-13-8-7-12-9-14(19(23)26-18(12)10-13)16-11-27-20(22-16)21-15-5-3-4-6-17(15)25-2/h3-11H,1-2H3,(H,21,22). The van der Waals surface area contributed by atoms with Gasteiger partial charge in [0.1, 0.15) is 17.1 Å². The van der Waals surface area contributed by atoms with Crippen molar-refractivity contribution in [1.82, 2.24) is 4.98 Å². The molecule has 0 bridgehead atoms. The molecule has 2 aromatic heterocycles. The zero-order valence-electron chi connectivity index (χ0n) is 14.7. The normalized spacial score (nSPS) is 10.7. The van der Waals surface area contributed by atoms with Crippen molar-refractivity contribution in [2.24, 2.45) is 0 Å². The minimum atomic E-state index is -0.440. The lowest BCUT2D eigenvalue weighted by atomic mass is 10.1. The molecule has 136 valence electrons. The second-order valence-corrected chi connectivity index (χ2v) is 6.57. The maximum absolute atomic E-state index is 12.4. The van der Waals surface area contributed by atoms with Gasteiger partial charge in [0.15, 0.2) is 5.13 Å². The first-order chi connectivity index (χ1) is 13.2. The summed E-state index contributed by atoms with van der Waals surface area (Å²) in [6, 6.07) is 14.7. The number of aromatic nitrogens is 1. The zero-order valence-corrected chi connectivity index (χ0v) is 15.5. The van der Waals surface area contributed by atoms with E-state index in [0.29, 0.717) is 33.5 Å². The van der Waals surface area contributed by atoms with E-state index < -0.39 is 5.63 Å². The van der Waals surface area contributed by atoms with Crippen molar-refractivity contribution in [2.75, 3.05) is 19.5 Å². The Kier molecular flexibility index (Phi) is 4.52. The molecule has 7 heteroatoms. The number of para-hydroxylation sites is 2. The first-order valence-corrected chi connectivity index (χ1v) is 9.04. The van der Waals surface area contributed by atoms with Crippen LogP contribution in [0.5, 0.6) is 11.5 Å². The van der Waals surface area contributed by atoms with Gasteiger partial charge in [0.05, 0.1) is 31.2 Å². The van der Waals surface area contributed by atoms with Gasteiger partial charge in [-0.05, 0) is 30.3 Å². The van der Waals surface area contributed by atoms with Crippen molar-refractivity contribution in [2.45, 2.75) is 0 Å². The molecule has 0 saturated carbocycles. The highest BCUT2D eigenvalue weighted by atomic mass is 32.1. The van der Waals surface area contributed by atoms with Crippen molar-refractivity contribution >= 4 is 33.1 Å². The molecule has 0 radical (unpaired) electrons. The van der Waals surface area contributed by atoms with Gasteiger partial charge in [-0.1, -0.05) is 12.1 Å². The molecule has 4 aromatic rings. The molecule has 0 aliphatic heterocycles. The number of anilines is 2. The SMILES string of the molecule is COc1ccc2cc(-c3csc(Nc4ccccc4OC)n3)c(=O)oc2c1. The number of benzene rings is 2. The Morgan fingerprint density at radius 1 is 1.07 bits per heavy atom. The van der Waals surface area contributed by atoms with Gasteiger partial charge in [-0.3, -0.25) is 0 Å². The monoisotopic (exact) mass is 380 g/mol. The molecular formula is C20H16N2O4S. The van der Waals surface area contributed by atoms with Crippen LogP contribution in [0, 0.1) is 0 Å². The van der Waals surface area contributed by atoms with Crippen LogP contribution in [0.25, 0.3) is 22.2 Å². The summed E-state index contributed by atoms with van der Waals surface area (Å²) in [5, 5.41) is 6.50. The molecule has 2 aromatic carbocycles. The predicted molar refractivity (Wildman–Crippen MR) is 106 cm³/mol. The number of ether oxygens (including phenoxy) is 2. The van der Waals surface area contributed by atoms with E-state index in [1.54, 1.807) is 26.4 Å². The molecule has 6 nitrogen and oxygen atoms in total. The third-order valence-corrected chi connectivity index (χ3v) is 4.83. The summed E-state index contributed by atoms with van der Waals surface area (Å²) in [6.45, 7) is 0. The average Bonchev–Trinajstić information content (AvgIpc) is 3.15. The number of rotatable bonds is 5. The number of methoxy groups -OCH3 is 2. The van der Waals surface area contributed by atoms with Crippen molar-refractivity contribution in [1.29, 1.82) is 0 Å². The fourth-order valence-corrected chi connectivity index (χ4v) is 3.44. The lowest BCUT2D eigenvalue weighted by molar-refractivity contribution is 0.414. The summed E-state index contributed by atoms with van der Waals surface area (Å²) in [7, 11) is 3.18. The molecule has 0 aliphatic rings. The van der Waals surface area contributed by atoms with E-state index in [0.717, 1.165) is 11.1 Å². The lowest BCUT2D eigenvalue weighted by Gasteiger charge is -2.08. The lowest BCUT2D eigenvalue weighted by Crippen LogP contribution is -2.03. The average molecular weight is 380 g/mol. The second-order valence-electron chi connectivity index (χ2n) is 5.71. The molecule has 0 amide bonds. The number of fused-ring (bicyclic) bond motifs is 1. The summed E-state index contributed by atoms with van der Waals surface area (Å²) >= 11 is 1.40. The molecule has 0 spiro atoms. The van der Waals surface area contributed by atoms with Crippen molar-refractivity contribution < 1.29 is 13.9 Å². The second kappa shape index (κ2) is 7.13. The van der Waals surface area contributed by atoms with Gasteiger partial charge >= 0.3 is 5.63 Å². The van der Waals surface area contributed by atoms with Gasteiger partial charge in [-0.15, -0.1) is 11.3 Å². The Morgan fingerprint density at radius 3 is 2.74 bits per heavy atom. The maximum Gasteiger partial charge on any atom is 0.345 e. The van der Waals surface area contributed by atoms with Gasteiger partial charge in [0, 0.05) is 16.8 Å². The number of nitrogens with zero attached hydrogens (tertiary/aromatic N) is 1. The van der Waals surface area contributed by atoms with Crippen LogP contribution < -0.4 is 20.4 Å². The summed E-state index contributed by atoms with van der Waals surface area (Å²) in [4.78, 5) is 16.9. The molecule has 2 heterocycles. The topological polar surface area (TPSA) is 73.6 Å². The number of hydrogen-bond donors (Lipinski definition) is 1. The van der Waals surface area contributed by atoms with E-state index in [9.17, 15) is 4.79 Å². The van der Waals surface area contributed by atoms with Gasteiger partial charge in [-0.25, -0.2) is 9.78 Å². The quantitative estimate of drug-likeness (QED) is 0.507. The third kappa shape index (κ3) is 3.37. The van der Waals surface area contributed by atoms with Gasteiger partial charge in [0.2, 0.25) is 0 Å². The predicted octanol–water partition coefficient (Wildman–Crippen LogP) is 4.68. The van der Waals surface area contributed by atoms with Crippen LogP contribution in [0.2, 0.25) is 0 Å². The molecule has 4 rings (SSSR count). The van der Waals surface area contributed by atoms with Crippen LogP contribution in [0.4, 0.5) is 10.8 Å². The molecule has 1 N–H and O–H groups in total. The van der Waals surface area contributed by atoms with E-state index in [-0.39, 0.29) is 0 Å². The maximum atomic E-state index is 12.4. The molecule has 0 aliphatic carbocycles. The van der Waals surface area contributed by atoms with E-state index in [2.05, 4.69) is 10.3 Å². The molecule has 0 saturated heterocycles. The first kappa shape index (κ1) is 17.1. The number of thiazole rings is 1. The van der Waals surface area contributed by atoms with E-state index in [4.69, 9.17) is 13.9 Å². The highest BCUT2D eigenvalue weighted by molar-refractivity contribution is 7.14. The number of nitrogens with one attached hydrogen (secondary N) is 1. The summed E-state index contributed by atoms with van der Waals surface area (Å²) in [5.41, 5.74) is 1.81. The van der Waals surface area contributed by atoms with Crippen molar-refractivity contribution in [3.05, 3.63) is 64.3 Å². The van der Waals surface area contributed by atoms with Gasteiger partial charge in [0.25, 0.3) is 0 Å². The highest BCUT2D eigenvalue weighted by Crippen LogP contribution is 2.31. The van der Waals surface area contributed by atoms with E-state index in [1.165, 1.54) is 11.3 Å². The molecule has 0 unspecified atom stereocenters. The van der Waals surface area contributed by atoms with Crippen LogP contribution in [0.3, 0.4) is 0 Å². The summed E-state index contributed by atoms with van der Waals surface area (Å²) < 4.78 is 15.9. The van der Waals surface area contributed by atoms with E-state index >= 15 is 0 Å². The highest BCUT2D eigenvalue weighted by Gasteiger charge is 2.13. The Morgan fingerprint density at radius 2 is 1.93 bits per heavy atom. The van der Waals surface area contributed by atoms with Crippen molar-refractivity contribution in [3.8, 4) is 22.8 Å². The fourth-order valence-electron chi connectivity index (χ4n) is 2.72. The molecule has 0 fully saturated rings. The molecule has 0 atom stereocenters.